The zero-order valence-electron chi connectivity index (χ0n) is 20.3. The highest BCUT2D eigenvalue weighted by Gasteiger charge is 2.27. The van der Waals surface area contributed by atoms with E-state index < -0.39 is 22.5 Å². The third-order valence-corrected chi connectivity index (χ3v) is 7.46. The van der Waals surface area contributed by atoms with Crippen molar-refractivity contribution in [3.05, 3.63) is 108 Å². The number of sulfonamides is 1. The number of rotatable bonds is 8. The van der Waals surface area contributed by atoms with Crippen LogP contribution >= 0.6 is 0 Å². The number of benzene rings is 2. The van der Waals surface area contributed by atoms with Gasteiger partial charge in [-0.2, -0.15) is 5.10 Å². The van der Waals surface area contributed by atoms with Crippen LogP contribution in [0, 0.1) is 20.8 Å². The summed E-state index contributed by atoms with van der Waals surface area (Å²) in [6.07, 6.45) is 4.50. The molecule has 4 aromatic rings. The predicted molar refractivity (Wildman–Crippen MR) is 141 cm³/mol. The second-order valence-electron chi connectivity index (χ2n) is 8.33. The molecule has 0 aliphatic carbocycles. The van der Waals surface area contributed by atoms with Crippen molar-refractivity contribution < 1.29 is 13.2 Å². The summed E-state index contributed by atoms with van der Waals surface area (Å²) in [5.41, 5.74) is 7.79. The lowest BCUT2D eigenvalue weighted by Gasteiger charge is -2.23. The minimum atomic E-state index is -3.99. The number of pyridine rings is 1. The third-order valence-electron chi connectivity index (χ3n) is 5.68. The summed E-state index contributed by atoms with van der Waals surface area (Å²) in [7, 11) is -3.99. The van der Waals surface area contributed by atoms with E-state index in [-0.39, 0.29) is 10.6 Å². The predicted octanol–water partition coefficient (Wildman–Crippen LogP) is 4.14. The molecule has 0 saturated carbocycles. The molecule has 1 amide bonds. The van der Waals surface area contributed by atoms with Crippen molar-refractivity contribution in [1.82, 2.24) is 15.0 Å². The van der Waals surface area contributed by atoms with Gasteiger partial charge in [0.2, 0.25) is 0 Å². The van der Waals surface area contributed by atoms with Gasteiger partial charge in [0, 0.05) is 28.8 Å². The van der Waals surface area contributed by atoms with E-state index in [0.29, 0.717) is 0 Å². The van der Waals surface area contributed by atoms with Crippen molar-refractivity contribution >= 4 is 27.8 Å². The molecule has 0 unspecified atom stereocenters. The first-order valence-electron chi connectivity index (χ1n) is 11.3. The van der Waals surface area contributed by atoms with Crippen molar-refractivity contribution in [2.75, 3.05) is 10.8 Å². The zero-order chi connectivity index (χ0) is 25.7. The van der Waals surface area contributed by atoms with Gasteiger partial charge in [-0.05, 0) is 68.8 Å². The molecular formula is C27H27N5O3S. The Labute approximate surface area is 211 Å². The number of nitrogens with zero attached hydrogens (tertiary/aromatic N) is 4. The summed E-state index contributed by atoms with van der Waals surface area (Å²) in [6, 6.07) is 21.3. The van der Waals surface area contributed by atoms with E-state index in [1.807, 2.05) is 45.0 Å². The van der Waals surface area contributed by atoms with E-state index >= 15 is 0 Å². The van der Waals surface area contributed by atoms with Crippen molar-refractivity contribution in [1.29, 1.82) is 0 Å². The highest BCUT2D eigenvalue weighted by atomic mass is 32.2. The largest absolute Gasteiger partial charge is 0.318 e. The van der Waals surface area contributed by atoms with Crippen molar-refractivity contribution in [2.24, 2.45) is 5.10 Å². The Hall–Kier alpha value is -4.24. The van der Waals surface area contributed by atoms with Gasteiger partial charge in [0.1, 0.15) is 6.54 Å². The van der Waals surface area contributed by atoms with Crippen LogP contribution < -0.4 is 9.73 Å². The van der Waals surface area contributed by atoms with Crippen LogP contribution in [0.5, 0.6) is 0 Å². The number of anilines is 1. The Kier molecular flexibility index (Phi) is 7.30. The van der Waals surface area contributed by atoms with Gasteiger partial charge in [-0.3, -0.25) is 14.1 Å². The lowest BCUT2D eigenvalue weighted by atomic mass is 10.2. The van der Waals surface area contributed by atoms with E-state index in [9.17, 15) is 13.2 Å². The number of aromatic nitrogens is 2. The SMILES string of the molecule is Cc1cccc(-n2c(C)cc(/C=N\NC(=O)CN(c3cccnc3)S(=O)(=O)c3ccccc3)c2C)c1. The number of carbonyl (C=O) groups is 1. The van der Waals surface area contributed by atoms with Crippen molar-refractivity contribution in [3.63, 3.8) is 0 Å². The highest BCUT2D eigenvalue weighted by Crippen LogP contribution is 2.23. The molecule has 0 aliphatic rings. The maximum absolute atomic E-state index is 13.3. The van der Waals surface area contributed by atoms with Gasteiger partial charge in [0.05, 0.1) is 23.0 Å². The fraction of sp³-hybridized carbons (Fsp3) is 0.148. The first-order chi connectivity index (χ1) is 17.3. The van der Waals surface area contributed by atoms with E-state index in [4.69, 9.17) is 0 Å². The van der Waals surface area contributed by atoms with Crippen LogP contribution in [0.1, 0.15) is 22.5 Å². The molecule has 0 atom stereocenters. The van der Waals surface area contributed by atoms with E-state index in [2.05, 4.69) is 26.1 Å². The van der Waals surface area contributed by atoms with Gasteiger partial charge < -0.3 is 4.57 Å². The molecule has 1 N–H and O–H groups in total. The summed E-state index contributed by atoms with van der Waals surface area (Å²) in [4.78, 5) is 16.8. The fourth-order valence-electron chi connectivity index (χ4n) is 3.96. The standard InChI is InChI=1S/C27H27N5O3S/c1-20-9-7-10-24(15-20)32-21(2)16-23(22(32)3)17-29-30-27(33)19-31(25-11-8-14-28-18-25)36(34,35)26-12-5-4-6-13-26/h4-18H,19H2,1-3H3,(H,30,33)/b29-17-. The van der Waals surface area contributed by atoms with Crippen LogP contribution in [0.4, 0.5) is 5.69 Å². The second kappa shape index (κ2) is 10.6. The summed E-state index contributed by atoms with van der Waals surface area (Å²) < 4.78 is 29.7. The lowest BCUT2D eigenvalue weighted by Crippen LogP contribution is -2.39. The number of carbonyl (C=O) groups excluding carboxylic acids is 1. The van der Waals surface area contributed by atoms with Crippen LogP contribution in [-0.2, 0) is 14.8 Å². The maximum Gasteiger partial charge on any atom is 0.264 e. The number of nitrogens with one attached hydrogen (secondary N) is 1. The summed E-state index contributed by atoms with van der Waals surface area (Å²) in [5.74, 6) is -0.581. The Balaban J connectivity index is 1.53. The molecule has 2 heterocycles. The smallest absolute Gasteiger partial charge is 0.264 e. The average Bonchev–Trinajstić information content (AvgIpc) is 3.16. The molecule has 0 radical (unpaired) electrons. The minimum Gasteiger partial charge on any atom is -0.318 e. The molecule has 36 heavy (non-hydrogen) atoms. The number of hydrogen-bond donors (Lipinski definition) is 1. The first kappa shape index (κ1) is 24.9. The molecule has 0 spiro atoms. The molecule has 0 fully saturated rings. The molecule has 8 nitrogen and oxygen atoms in total. The first-order valence-corrected chi connectivity index (χ1v) is 12.8. The van der Waals surface area contributed by atoms with Gasteiger partial charge in [0.15, 0.2) is 0 Å². The molecule has 0 aliphatic heterocycles. The molecule has 4 rings (SSSR count). The Morgan fingerprint density at radius 1 is 1.03 bits per heavy atom. The molecule has 9 heteroatoms. The van der Waals surface area contributed by atoms with E-state index in [1.165, 1.54) is 24.5 Å². The third kappa shape index (κ3) is 5.36. The molecule has 0 bridgehead atoms. The second-order valence-corrected chi connectivity index (χ2v) is 10.2. The lowest BCUT2D eigenvalue weighted by molar-refractivity contribution is -0.119. The van der Waals surface area contributed by atoms with Gasteiger partial charge in [-0.25, -0.2) is 13.8 Å². The quantitative estimate of drug-likeness (QED) is 0.290. The number of hydrazone groups is 1. The number of aryl methyl sites for hydroxylation is 2. The van der Waals surface area contributed by atoms with Crippen molar-refractivity contribution in [2.45, 2.75) is 25.7 Å². The van der Waals surface area contributed by atoms with Crippen LogP contribution in [-0.4, -0.2) is 36.6 Å². The Morgan fingerprint density at radius 2 is 1.81 bits per heavy atom. The highest BCUT2D eigenvalue weighted by molar-refractivity contribution is 7.92. The van der Waals surface area contributed by atoms with Crippen LogP contribution in [0.25, 0.3) is 5.69 Å². The molecule has 0 saturated heterocycles. The van der Waals surface area contributed by atoms with Gasteiger partial charge in [-0.15, -0.1) is 0 Å². The molecular weight excluding hydrogens is 474 g/mol. The molecule has 2 aromatic carbocycles. The van der Waals surface area contributed by atoms with E-state index in [1.54, 1.807) is 36.5 Å². The Morgan fingerprint density at radius 3 is 2.50 bits per heavy atom. The van der Waals surface area contributed by atoms with Gasteiger partial charge in [0.25, 0.3) is 15.9 Å². The van der Waals surface area contributed by atoms with Gasteiger partial charge in [-0.1, -0.05) is 30.3 Å². The van der Waals surface area contributed by atoms with Crippen LogP contribution in [0.2, 0.25) is 0 Å². The topological polar surface area (TPSA) is 96.7 Å². The average molecular weight is 502 g/mol. The van der Waals surface area contributed by atoms with Crippen molar-refractivity contribution in [3.8, 4) is 5.69 Å². The van der Waals surface area contributed by atoms with E-state index in [0.717, 1.165) is 32.5 Å². The number of amides is 1. The summed E-state index contributed by atoms with van der Waals surface area (Å²) >= 11 is 0. The van der Waals surface area contributed by atoms with Crippen LogP contribution in [0.15, 0.2) is 95.2 Å². The van der Waals surface area contributed by atoms with Crippen LogP contribution in [0.3, 0.4) is 0 Å². The molecule has 184 valence electrons. The maximum atomic E-state index is 13.3. The fourth-order valence-corrected chi connectivity index (χ4v) is 5.39. The minimum absolute atomic E-state index is 0.0775. The monoisotopic (exact) mass is 501 g/mol. The van der Waals surface area contributed by atoms with Gasteiger partial charge >= 0.3 is 0 Å². The summed E-state index contributed by atoms with van der Waals surface area (Å²) in [5, 5.41) is 4.09. The Bertz CT molecular complexity index is 1500. The zero-order valence-corrected chi connectivity index (χ0v) is 21.1. The molecule has 2 aromatic heterocycles. The number of hydrogen-bond acceptors (Lipinski definition) is 5. The normalized spacial score (nSPS) is 11.5. The summed E-state index contributed by atoms with van der Waals surface area (Å²) in [6.45, 7) is 5.57.